The van der Waals surface area contributed by atoms with E-state index in [0.29, 0.717) is 24.6 Å². The lowest BCUT2D eigenvalue weighted by atomic mass is 10.2. The Bertz CT molecular complexity index is 984. The van der Waals surface area contributed by atoms with Gasteiger partial charge in [-0.3, -0.25) is 4.79 Å². The fraction of sp³-hybridized carbons (Fsp3) is 0.381. The molecule has 0 spiro atoms. The second kappa shape index (κ2) is 8.84. The van der Waals surface area contributed by atoms with Crippen molar-refractivity contribution in [2.75, 3.05) is 25.5 Å². The Hall–Kier alpha value is -2.58. The van der Waals surface area contributed by atoms with Gasteiger partial charge >= 0.3 is 0 Å². The third-order valence-electron chi connectivity index (χ3n) is 4.80. The number of ether oxygens (including phenoxy) is 2. The average Bonchev–Trinajstić information content (AvgIpc) is 3.23. The van der Waals surface area contributed by atoms with Gasteiger partial charge in [-0.05, 0) is 62.6 Å². The SMILES string of the molecule is COc1ccc(S(=O)(=O)N2CCCC2)cc1NC(=O)[C@@H](C)Oc1cccc(C)c1. The third kappa shape index (κ3) is 4.89. The first-order valence-corrected chi connectivity index (χ1v) is 11.0. The van der Waals surface area contributed by atoms with Gasteiger partial charge in [0.25, 0.3) is 5.91 Å². The molecule has 0 radical (unpaired) electrons. The van der Waals surface area contributed by atoms with Crippen molar-refractivity contribution >= 4 is 21.6 Å². The van der Waals surface area contributed by atoms with Gasteiger partial charge in [0.15, 0.2) is 6.10 Å². The quantitative estimate of drug-likeness (QED) is 0.746. The molecule has 156 valence electrons. The number of benzene rings is 2. The number of carbonyl (C=O) groups is 1. The normalized spacial score (nSPS) is 15.7. The second-order valence-electron chi connectivity index (χ2n) is 7.04. The highest BCUT2D eigenvalue weighted by atomic mass is 32.2. The number of anilines is 1. The van der Waals surface area contributed by atoms with Gasteiger partial charge in [-0.25, -0.2) is 8.42 Å². The van der Waals surface area contributed by atoms with Crippen molar-refractivity contribution in [3.05, 3.63) is 48.0 Å². The number of hydrogen-bond acceptors (Lipinski definition) is 5. The summed E-state index contributed by atoms with van der Waals surface area (Å²) in [6, 6.07) is 11.9. The highest BCUT2D eigenvalue weighted by molar-refractivity contribution is 7.89. The van der Waals surface area contributed by atoms with Gasteiger partial charge in [0.1, 0.15) is 11.5 Å². The third-order valence-corrected chi connectivity index (χ3v) is 6.70. The van der Waals surface area contributed by atoms with Gasteiger partial charge in [-0.15, -0.1) is 0 Å². The number of amides is 1. The van der Waals surface area contributed by atoms with Crippen LogP contribution in [0.1, 0.15) is 25.3 Å². The Kier molecular flexibility index (Phi) is 6.44. The average molecular weight is 419 g/mol. The molecular weight excluding hydrogens is 392 g/mol. The van der Waals surface area contributed by atoms with Crippen molar-refractivity contribution in [3.8, 4) is 11.5 Å². The number of nitrogens with one attached hydrogen (secondary N) is 1. The van der Waals surface area contributed by atoms with Crippen molar-refractivity contribution in [1.29, 1.82) is 0 Å². The number of sulfonamides is 1. The van der Waals surface area contributed by atoms with Gasteiger partial charge in [-0.1, -0.05) is 12.1 Å². The van der Waals surface area contributed by atoms with Crippen molar-refractivity contribution in [2.45, 2.75) is 37.7 Å². The minimum absolute atomic E-state index is 0.128. The predicted octanol–water partition coefficient (Wildman–Crippen LogP) is 3.19. The van der Waals surface area contributed by atoms with Crippen LogP contribution in [0.4, 0.5) is 5.69 Å². The molecule has 1 aliphatic heterocycles. The van der Waals surface area contributed by atoms with E-state index >= 15 is 0 Å². The lowest BCUT2D eigenvalue weighted by Crippen LogP contribution is -2.31. The molecule has 0 aromatic heterocycles. The maximum atomic E-state index is 12.8. The van der Waals surface area contributed by atoms with Crippen LogP contribution in [0.25, 0.3) is 0 Å². The number of carbonyl (C=O) groups excluding carboxylic acids is 1. The first-order valence-electron chi connectivity index (χ1n) is 9.53. The summed E-state index contributed by atoms with van der Waals surface area (Å²) in [5, 5.41) is 2.73. The van der Waals surface area contributed by atoms with E-state index in [1.807, 2.05) is 25.1 Å². The first-order chi connectivity index (χ1) is 13.8. The van der Waals surface area contributed by atoms with E-state index in [2.05, 4.69) is 5.32 Å². The zero-order chi connectivity index (χ0) is 21.0. The summed E-state index contributed by atoms with van der Waals surface area (Å²) in [5.74, 6) is 0.562. The zero-order valence-corrected chi connectivity index (χ0v) is 17.7. The molecule has 1 atom stereocenters. The molecule has 2 aromatic carbocycles. The van der Waals surface area contributed by atoms with Gasteiger partial charge in [0, 0.05) is 13.1 Å². The fourth-order valence-corrected chi connectivity index (χ4v) is 4.75. The van der Waals surface area contributed by atoms with E-state index in [4.69, 9.17) is 9.47 Å². The molecule has 0 bridgehead atoms. The monoisotopic (exact) mass is 418 g/mol. The van der Waals surface area contributed by atoms with Gasteiger partial charge < -0.3 is 14.8 Å². The lowest BCUT2D eigenvalue weighted by molar-refractivity contribution is -0.122. The van der Waals surface area contributed by atoms with Crippen LogP contribution in [-0.2, 0) is 14.8 Å². The standard InChI is InChI=1S/C21H26N2O5S/c1-15-7-6-8-17(13-15)28-16(2)21(24)22-19-14-18(9-10-20(19)27-3)29(25,26)23-11-4-5-12-23/h6-10,13-14,16H,4-5,11-12H2,1-3H3,(H,22,24)/t16-/m1/s1. The Morgan fingerprint density at radius 2 is 1.86 bits per heavy atom. The zero-order valence-electron chi connectivity index (χ0n) is 16.8. The molecule has 0 aliphatic carbocycles. The number of aryl methyl sites for hydroxylation is 1. The lowest BCUT2D eigenvalue weighted by Gasteiger charge is -2.19. The molecular formula is C21H26N2O5S. The number of nitrogens with zero attached hydrogens (tertiary/aromatic N) is 1. The van der Waals surface area contributed by atoms with Crippen molar-refractivity contribution in [2.24, 2.45) is 0 Å². The van der Waals surface area contributed by atoms with Gasteiger partial charge in [0.2, 0.25) is 10.0 Å². The summed E-state index contributed by atoms with van der Waals surface area (Å²) < 4.78 is 38.1. The number of hydrogen-bond donors (Lipinski definition) is 1. The highest BCUT2D eigenvalue weighted by Gasteiger charge is 2.28. The van der Waals surface area contributed by atoms with Crippen molar-refractivity contribution in [3.63, 3.8) is 0 Å². The van der Waals surface area contributed by atoms with E-state index in [9.17, 15) is 13.2 Å². The molecule has 1 aliphatic rings. The molecule has 2 aromatic rings. The molecule has 1 N–H and O–H groups in total. The highest BCUT2D eigenvalue weighted by Crippen LogP contribution is 2.30. The molecule has 7 nitrogen and oxygen atoms in total. The van der Waals surface area contributed by atoms with E-state index in [0.717, 1.165) is 18.4 Å². The minimum Gasteiger partial charge on any atom is -0.495 e. The largest absolute Gasteiger partial charge is 0.495 e. The van der Waals surface area contributed by atoms with Crippen LogP contribution < -0.4 is 14.8 Å². The smallest absolute Gasteiger partial charge is 0.265 e. The van der Waals surface area contributed by atoms with Crippen LogP contribution >= 0.6 is 0 Å². The van der Waals surface area contributed by atoms with Crippen molar-refractivity contribution < 1.29 is 22.7 Å². The minimum atomic E-state index is -3.60. The van der Waals surface area contributed by atoms with E-state index in [1.165, 1.54) is 23.5 Å². The van der Waals surface area contributed by atoms with E-state index in [-0.39, 0.29) is 10.6 Å². The number of rotatable bonds is 7. The molecule has 1 heterocycles. The van der Waals surface area contributed by atoms with Crippen LogP contribution in [0.15, 0.2) is 47.4 Å². The van der Waals surface area contributed by atoms with Crippen LogP contribution in [-0.4, -0.2) is 44.9 Å². The Labute approximate surface area is 171 Å². The predicted molar refractivity (Wildman–Crippen MR) is 111 cm³/mol. The molecule has 8 heteroatoms. The van der Waals surface area contributed by atoms with Crippen molar-refractivity contribution in [1.82, 2.24) is 4.31 Å². The number of methoxy groups -OCH3 is 1. The molecule has 0 saturated carbocycles. The summed E-state index contributed by atoms with van der Waals surface area (Å²) in [6.45, 7) is 4.60. The van der Waals surface area contributed by atoms with Crippen LogP contribution in [0.5, 0.6) is 11.5 Å². The van der Waals surface area contributed by atoms with E-state index < -0.39 is 22.0 Å². The summed E-state index contributed by atoms with van der Waals surface area (Å²) >= 11 is 0. The van der Waals surface area contributed by atoms with Crippen LogP contribution in [0.2, 0.25) is 0 Å². The first kappa shape index (κ1) is 21.1. The molecule has 1 fully saturated rings. The Balaban J connectivity index is 1.79. The summed E-state index contributed by atoms with van der Waals surface area (Å²) in [5.41, 5.74) is 1.31. The summed E-state index contributed by atoms with van der Waals surface area (Å²) in [4.78, 5) is 12.8. The molecule has 1 amide bonds. The molecule has 3 rings (SSSR count). The fourth-order valence-electron chi connectivity index (χ4n) is 3.20. The van der Waals surface area contributed by atoms with Gasteiger partial charge in [0.05, 0.1) is 17.7 Å². The van der Waals surface area contributed by atoms with Crippen LogP contribution in [0.3, 0.4) is 0 Å². The van der Waals surface area contributed by atoms with Gasteiger partial charge in [-0.2, -0.15) is 4.31 Å². The maximum absolute atomic E-state index is 12.8. The Morgan fingerprint density at radius 3 is 2.52 bits per heavy atom. The maximum Gasteiger partial charge on any atom is 0.265 e. The van der Waals surface area contributed by atoms with Crippen LogP contribution in [0, 0.1) is 6.92 Å². The topological polar surface area (TPSA) is 84.9 Å². The summed E-state index contributed by atoms with van der Waals surface area (Å²) in [6.07, 6.45) is 0.930. The Morgan fingerprint density at radius 1 is 1.14 bits per heavy atom. The summed E-state index contributed by atoms with van der Waals surface area (Å²) in [7, 11) is -2.14. The molecule has 1 saturated heterocycles. The molecule has 0 unspecified atom stereocenters. The molecule has 29 heavy (non-hydrogen) atoms. The second-order valence-corrected chi connectivity index (χ2v) is 8.98. The van der Waals surface area contributed by atoms with E-state index in [1.54, 1.807) is 19.1 Å².